The van der Waals surface area contributed by atoms with E-state index in [0.717, 1.165) is 0 Å². The van der Waals surface area contributed by atoms with Crippen molar-refractivity contribution in [1.29, 1.82) is 0 Å². The summed E-state index contributed by atoms with van der Waals surface area (Å²) in [7, 11) is 1.46. The molecule has 4 nitrogen and oxygen atoms in total. The third kappa shape index (κ3) is 3.68. The van der Waals surface area contributed by atoms with E-state index in [4.69, 9.17) is 9.47 Å². The summed E-state index contributed by atoms with van der Waals surface area (Å²) in [5, 5.41) is 9.90. The van der Waals surface area contributed by atoms with Gasteiger partial charge < -0.3 is 14.6 Å². The molecule has 0 radical (unpaired) electrons. The fourth-order valence-corrected chi connectivity index (χ4v) is 1.52. The molecule has 1 rings (SSSR count). The molecule has 3 atom stereocenters. The van der Waals surface area contributed by atoms with Gasteiger partial charge in [-0.15, -0.1) is 6.58 Å². The van der Waals surface area contributed by atoms with Crippen molar-refractivity contribution in [2.75, 3.05) is 7.11 Å². The van der Waals surface area contributed by atoms with Gasteiger partial charge in [0, 0.05) is 7.11 Å². The Labute approximate surface area is 107 Å². The topological polar surface area (TPSA) is 55.8 Å². The lowest BCUT2D eigenvalue weighted by atomic mass is 10.1. The maximum absolute atomic E-state index is 11.8. The number of aliphatic hydroxyl groups excluding tert-OH is 1. The van der Waals surface area contributed by atoms with Gasteiger partial charge in [0.1, 0.15) is 18.3 Å². The van der Waals surface area contributed by atoms with E-state index in [9.17, 15) is 9.90 Å². The second-order valence-corrected chi connectivity index (χ2v) is 3.90. The molecule has 0 bridgehead atoms. The van der Waals surface area contributed by atoms with Gasteiger partial charge in [-0.1, -0.05) is 24.3 Å². The minimum Gasteiger partial charge on any atom is -0.456 e. The van der Waals surface area contributed by atoms with Crippen molar-refractivity contribution in [2.45, 2.75) is 25.2 Å². The number of methoxy groups -OCH3 is 1. The molecule has 1 aromatic carbocycles. The zero-order valence-corrected chi connectivity index (χ0v) is 10.6. The highest BCUT2D eigenvalue weighted by molar-refractivity contribution is 5.89. The Morgan fingerprint density at radius 2 is 2.00 bits per heavy atom. The van der Waals surface area contributed by atoms with Crippen molar-refractivity contribution < 1.29 is 19.4 Å². The minimum absolute atomic E-state index is 0.448. The highest BCUT2D eigenvalue weighted by atomic mass is 16.6. The van der Waals surface area contributed by atoms with Gasteiger partial charge in [-0.2, -0.15) is 0 Å². The fourth-order valence-electron chi connectivity index (χ4n) is 1.52. The molecule has 1 N–H and O–H groups in total. The highest BCUT2D eigenvalue weighted by Gasteiger charge is 2.25. The number of hydrogen-bond donors (Lipinski definition) is 1. The van der Waals surface area contributed by atoms with Crippen molar-refractivity contribution in [2.24, 2.45) is 0 Å². The van der Waals surface area contributed by atoms with E-state index in [1.807, 2.05) is 6.07 Å². The Kier molecular flexibility index (Phi) is 5.55. The molecule has 0 saturated heterocycles. The highest BCUT2D eigenvalue weighted by Crippen LogP contribution is 2.11. The molecular formula is C14H18O4. The molecule has 0 unspecified atom stereocenters. The van der Waals surface area contributed by atoms with E-state index in [1.54, 1.807) is 31.2 Å². The zero-order chi connectivity index (χ0) is 13.5. The van der Waals surface area contributed by atoms with Crippen molar-refractivity contribution in [1.82, 2.24) is 0 Å². The van der Waals surface area contributed by atoms with E-state index in [1.165, 1.54) is 13.2 Å². The van der Waals surface area contributed by atoms with Crippen LogP contribution in [0.4, 0.5) is 0 Å². The van der Waals surface area contributed by atoms with Crippen LogP contribution in [0.2, 0.25) is 0 Å². The van der Waals surface area contributed by atoms with Gasteiger partial charge in [0.25, 0.3) is 0 Å². The van der Waals surface area contributed by atoms with Gasteiger partial charge in [0.15, 0.2) is 0 Å². The summed E-state index contributed by atoms with van der Waals surface area (Å²) in [5.74, 6) is -0.471. The van der Waals surface area contributed by atoms with Crippen LogP contribution in [-0.2, 0) is 9.47 Å². The largest absolute Gasteiger partial charge is 0.456 e. The number of rotatable bonds is 6. The summed E-state index contributed by atoms with van der Waals surface area (Å²) in [4.78, 5) is 11.8. The summed E-state index contributed by atoms with van der Waals surface area (Å²) in [6.07, 6.45) is -0.721. The number of carbonyl (C=O) groups excluding carboxylic acids is 1. The lowest BCUT2D eigenvalue weighted by molar-refractivity contribution is -0.0606. The average Bonchev–Trinajstić information content (AvgIpc) is 2.40. The number of esters is 1. The van der Waals surface area contributed by atoms with E-state index in [0.29, 0.717) is 5.56 Å². The Hall–Kier alpha value is -1.65. The van der Waals surface area contributed by atoms with Crippen LogP contribution < -0.4 is 0 Å². The normalized spacial score (nSPS) is 15.5. The molecule has 0 amide bonds. The van der Waals surface area contributed by atoms with Crippen LogP contribution >= 0.6 is 0 Å². The second kappa shape index (κ2) is 6.93. The van der Waals surface area contributed by atoms with E-state index < -0.39 is 24.3 Å². The molecule has 0 aliphatic rings. The predicted octanol–water partition coefficient (Wildman–Crippen LogP) is 1.79. The number of ether oxygens (including phenoxy) is 2. The third-order valence-electron chi connectivity index (χ3n) is 2.62. The minimum atomic E-state index is -0.944. The summed E-state index contributed by atoms with van der Waals surface area (Å²) in [6, 6.07) is 8.62. The van der Waals surface area contributed by atoms with Crippen LogP contribution in [-0.4, -0.2) is 36.5 Å². The standard InChI is InChI=1S/C14H18O4/c1-4-12(17-3)13(15)10(2)18-14(16)11-8-6-5-7-9-11/h4-10,12-13,15H,1H2,2-3H3/t10-,12-,13-/m0/s1. The van der Waals surface area contributed by atoms with Crippen LogP contribution in [0.15, 0.2) is 43.0 Å². The van der Waals surface area contributed by atoms with Gasteiger partial charge in [0.2, 0.25) is 0 Å². The zero-order valence-electron chi connectivity index (χ0n) is 10.6. The van der Waals surface area contributed by atoms with Gasteiger partial charge in [-0.25, -0.2) is 4.79 Å². The Morgan fingerprint density at radius 1 is 1.39 bits per heavy atom. The Morgan fingerprint density at radius 3 is 2.50 bits per heavy atom. The Bertz CT molecular complexity index is 388. The molecule has 0 heterocycles. The van der Waals surface area contributed by atoms with E-state index in [-0.39, 0.29) is 0 Å². The maximum Gasteiger partial charge on any atom is 0.338 e. The molecule has 0 aliphatic carbocycles. The molecule has 98 valence electrons. The molecule has 1 aromatic rings. The molecule has 0 aromatic heterocycles. The first-order chi connectivity index (χ1) is 8.60. The van der Waals surface area contributed by atoms with Crippen LogP contribution in [0.3, 0.4) is 0 Å². The summed E-state index contributed by atoms with van der Waals surface area (Å²) in [6.45, 7) is 5.16. The number of carbonyl (C=O) groups is 1. The smallest absolute Gasteiger partial charge is 0.338 e. The summed E-state index contributed by atoms with van der Waals surface area (Å²) in [5.41, 5.74) is 0.448. The lowest BCUT2D eigenvalue weighted by Gasteiger charge is -2.24. The Balaban J connectivity index is 2.62. The van der Waals surface area contributed by atoms with Gasteiger partial charge in [-0.05, 0) is 19.1 Å². The van der Waals surface area contributed by atoms with Crippen LogP contribution in [0.25, 0.3) is 0 Å². The summed E-state index contributed by atoms with van der Waals surface area (Å²) < 4.78 is 10.2. The maximum atomic E-state index is 11.8. The number of aliphatic hydroxyl groups is 1. The van der Waals surface area contributed by atoms with Crippen molar-refractivity contribution >= 4 is 5.97 Å². The van der Waals surface area contributed by atoms with Crippen molar-refractivity contribution in [3.05, 3.63) is 48.6 Å². The fraction of sp³-hybridized carbons (Fsp3) is 0.357. The number of hydrogen-bond acceptors (Lipinski definition) is 4. The monoisotopic (exact) mass is 250 g/mol. The molecule has 0 spiro atoms. The second-order valence-electron chi connectivity index (χ2n) is 3.90. The van der Waals surface area contributed by atoms with E-state index in [2.05, 4.69) is 6.58 Å². The molecule has 0 aliphatic heterocycles. The quantitative estimate of drug-likeness (QED) is 0.618. The predicted molar refractivity (Wildman–Crippen MR) is 68.3 cm³/mol. The first kappa shape index (κ1) is 14.4. The third-order valence-corrected chi connectivity index (χ3v) is 2.62. The number of benzene rings is 1. The van der Waals surface area contributed by atoms with Crippen LogP contribution in [0, 0.1) is 0 Å². The lowest BCUT2D eigenvalue weighted by Crippen LogP contribution is -2.38. The van der Waals surface area contributed by atoms with Crippen molar-refractivity contribution in [3.63, 3.8) is 0 Å². The molecular weight excluding hydrogens is 232 g/mol. The van der Waals surface area contributed by atoms with E-state index >= 15 is 0 Å². The van der Waals surface area contributed by atoms with Crippen LogP contribution in [0.5, 0.6) is 0 Å². The van der Waals surface area contributed by atoms with Gasteiger partial charge >= 0.3 is 5.97 Å². The molecule has 4 heteroatoms. The van der Waals surface area contributed by atoms with Crippen LogP contribution in [0.1, 0.15) is 17.3 Å². The summed E-state index contributed by atoms with van der Waals surface area (Å²) >= 11 is 0. The molecule has 18 heavy (non-hydrogen) atoms. The van der Waals surface area contributed by atoms with Gasteiger partial charge in [-0.3, -0.25) is 0 Å². The first-order valence-corrected chi connectivity index (χ1v) is 5.69. The first-order valence-electron chi connectivity index (χ1n) is 5.69. The average molecular weight is 250 g/mol. The molecule has 0 saturated carbocycles. The molecule has 0 fully saturated rings. The van der Waals surface area contributed by atoms with Crippen molar-refractivity contribution in [3.8, 4) is 0 Å². The van der Waals surface area contributed by atoms with Gasteiger partial charge in [0.05, 0.1) is 5.56 Å². The SMILES string of the molecule is C=C[C@H](OC)[C@@H](O)[C@H](C)OC(=O)c1ccccc1.